The fraction of sp³-hybridized carbons (Fsp3) is 0.368. The predicted molar refractivity (Wildman–Crippen MR) is 98.9 cm³/mol. The van der Waals surface area contributed by atoms with Crippen molar-refractivity contribution >= 4 is 23.2 Å². The SMILES string of the molecule is CC(C)(C)OCCC(NC(=O)c1ccc(-c2ccc(F)cc2)s1)C(=O)O. The molecule has 1 unspecified atom stereocenters. The number of aliphatic carboxylic acids is 1. The average Bonchev–Trinajstić information content (AvgIpc) is 3.03. The first-order valence-electron chi connectivity index (χ1n) is 8.19. The molecule has 0 radical (unpaired) electrons. The van der Waals surface area contributed by atoms with Crippen LogP contribution in [-0.2, 0) is 9.53 Å². The summed E-state index contributed by atoms with van der Waals surface area (Å²) in [6.07, 6.45) is 0.175. The van der Waals surface area contributed by atoms with Crippen LogP contribution < -0.4 is 5.32 Å². The van der Waals surface area contributed by atoms with Crippen molar-refractivity contribution < 1.29 is 23.8 Å². The fourth-order valence-corrected chi connectivity index (χ4v) is 3.11. The van der Waals surface area contributed by atoms with Crippen LogP contribution in [0.25, 0.3) is 10.4 Å². The van der Waals surface area contributed by atoms with E-state index in [1.54, 1.807) is 24.3 Å². The van der Waals surface area contributed by atoms with Crippen LogP contribution in [-0.4, -0.2) is 35.2 Å². The lowest BCUT2D eigenvalue weighted by molar-refractivity contribution is -0.140. The van der Waals surface area contributed by atoms with Crippen LogP contribution >= 0.6 is 11.3 Å². The molecule has 0 bridgehead atoms. The van der Waals surface area contributed by atoms with Gasteiger partial charge in [0.1, 0.15) is 11.9 Å². The van der Waals surface area contributed by atoms with Gasteiger partial charge in [0.05, 0.1) is 10.5 Å². The number of hydrogen-bond donors (Lipinski definition) is 2. The number of halogens is 1. The molecule has 0 saturated carbocycles. The maximum Gasteiger partial charge on any atom is 0.326 e. The van der Waals surface area contributed by atoms with Crippen LogP contribution in [0.2, 0.25) is 0 Å². The van der Waals surface area contributed by atoms with Gasteiger partial charge in [-0.3, -0.25) is 4.79 Å². The van der Waals surface area contributed by atoms with Gasteiger partial charge in [0.2, 0.25) is 0 Å². The molecule has 0 aliphatic carbocycles. The molecule has 1 atom stereocenters. The Hall–Kier alpha value is -2.25. The number of carboxylic acids is 1. The Labute approximate surface area is 155 Å². The van der Waals surface area contributed by atoms with E-state index < -0.39 is 17.9 Å². The lowest BCUT2D eigenvalue weighted by atomic mass is 10.1. The summed E-state index contributed by atoms with van der Waals surface area (Å²) in [6.45, 7) is 5.87. The summed E-state index contributed by atoms with van der Waals surface area (Å²) in [6, 6.07) is 8.32. The van der Waals surface area contributed by atoms with E-state index >= 15 is 0 Å². The van der Waals surface area contributed by atoms with Crippen LogP contribution in [0.15, 0.2) is 36.4 Å². The summed E-state index contributed by atoms with van der Waals surface area (Å²) in [7, 11) is 0. The minimum atomic E-state index is -1.11. The predicted octanol–water partition coefficient (Wildman–Crippen LogP) is 3.94. The largest absolute Gasteiger partial charge is 0.480 e. The molecule has 0 aliphatic rings. The average molecular weight is 379 g/mol. The Kier molecular flexibility index (Phi) is 6.50. The Morgan fingerprint density at radius 1 is 1.19 bits per heavy atom. The summed E-state index contributed by atoms with van der Waals surface area (Å²) >= 11 is 1.22. The Bertz CT molecular complexity index is 765. The van der Waals surface area contributed by atoms with Crippen LogP contribution in [0.3, 0.4) is 0 Å². The molecule has 1 aromatic heterocycles. The van der Waals surface area contributed by atoms with E-state index in [9.17, 15) is 19.1 Å². The summed E-state index contributed by atoms with van der Waals surface area (Å²) in [5.41, 5.74) is 0.425. The smallest absolute Gasteiger partial charge is 0.326 e. The van der Waals surface area contributed by atoms with E-state index in [-0.39, 0.29) is 24.4 Å². The number of nitrogens with one attached hydrogen (secondary N) is 1. The summed E-state index contributed by atoms with van der Waals surface area (Å²) in [4.78, 5) is 24.9. The Morgan fingerprint density at radius 2 is 1.85 bits per heavy atom. The lowest BCUT2D eigenvalue weighted by Gasteiger charge is -2.21. The molecular weight excluding hydrogens is 357 g/mol. The second-order valence-electron chi connectivity index (χ2n) is 6.78. The fourth-order valence-electron chi connectivity index (χ4n) is 2.20. The lowest BCUT2D eigenvalue weighted by Crippen LogP contribution is -2.41. The minimum Gasteiger partial charge on any atom is -0.480 e. The molecule has 2 rings (SSSR count). The Morgan fingerprint density at radius 3 is 2.42 bits per heavy atom. The number of carbonyl (C=O) groups is 2. The van der Waals surface area contributed by atoms with Crippen LogP contribution in [0, 0.1) is 5.82 Å². The van der Waals surface area contributed by atoms with Gasteiger partial charge in [0.15, 0.2) is 0 Å². The number of benzene rings is 1. The van der Waals surface area contributed by atoms with Gasteiger partial charge >= 0.3 is 5.97 Å². The van der Waals surface area contributed by atoms with Crippen LogP contribution in [0.1, 0.15) is 36.9 Å². The van der Waals surface area contributed by atoms with Crippen LogP contribution in [0.5, 0.6) is 0 Å². The van der Waals surface area contributed by atoms with Gasteiger partial charge in [-0.1, -0.05) is 12.1 Å². The first-order valence-corrected chi connectivity index (χ1v) is 9.01. The highest BCUT2D eigenvalue weighted by Gasteiger charge is 2.22. The quantitative estimate of drug-likeness (QED) is 0.764. The van der Waals surface area contributed by atoms with E-state index in [1.807, 2.05) is 20.8 Å². The third kappa shape index (κ3) is 5.93. The van der Waals surface area contributed by atoms with E-state index in [0.29, 0.717) is 4.88 Å². The maximum atomic E-state index is 13.0. The molecule has 1 heterocycles. The number of carbonyl (C=O) groups excluding carboxylic acids is 1. The highest BCUT2D eigenvalue weighted by Crippen LogP contribution is 2.28. The van der Waals surface area contributed by atoms with E-state index in [2.05, 4.69) is 5.32 Å². The zero-order valence-electron chi connectivity index (χ0n) is 14.9. The minimum absolute atomic E-state index is 0.175. The second-order valence-corrected chi connectivity index (χ2v) is 7.87. The number of amides is 1. The van der Waals surface area contributed by atoms with Gasteiger partial charge in [0, 0.05) is 17.9 Å². The third-order valence-corrected chi connectivity index (χ3v) is 4.64. The monoisotopic (exact) mass is 379 g/mol. The number of rotatable bonds is 7. The highest BCUT2D eigenvalue weighted by atomic mass is 32.1. The molecule has 26 heavy (non-hydrogen) atoms. The van der Waals surface area contributed by atoms with Crippen molar-refractivity contribution in [2.24, 2.45) is 0 Å². The van der Waals surface area contributed by atoms with E-state index in [0.717, 1.165) is 10.4 Å². The molecule has 0 saturated heterocycles. The van der Waals surface area contributed by atoms with Crippen molar-refractivity contribution in [3.05, 3.63) is 47.1 Å². The number of ether oxygens (including phenoxy) is 1. The van der Waals surface area contributed by atoms with Crippen molar-refractivity contribution in [1.82, 2.24) is 5.32 Å². The van der Waals surface area contributed by atoms with Crippen molar-refractivity contribution in [1.29, 1.82) is 0 Å². The van der Waals surface area contributed by atoms with Crippen LogP contribution in [0.4, 0.5) is 4.39 Å². The van der Waals surface area contributed by atoms with Gasteiger partial charge in [-0.25, -0.2) is 9.18 Å². The van der Waals surface area contributed by atoms with Crippen molar-refractivity contribution in [3.63, 3.8) is 0 Å². The molecule has 0 spiro atoms. The third-order valence-electron chi connectivity index (χ3n) is 3.50. The zero-order valence-corrected chi connectivity index (χ0v) is 15.7. The van der Waals surface area contributed by atoms with Gasteiger partial charge in [0.25, 0.3) is 5.91 Å². The van der Waals surface area contributed by atoms with Gasteiger partial charge in [-0.15, -0.1) is 11.3 Å². The summed E-state index contributed by atoms with van der Waals surface area (Å²) in [5.74, 6) is -1.89. The molecule has 5 nitrogen and oxygen atoms in total. The number of thiophene rings is 1. The molecule has 2 N–H and O–H groups in total. The number of carboxylic acid groups (broad SMARTS) is 1. The van der Waals surface area contributed by atoms with E-state index in [4.69, 9.17) is 4.74 Å². The topological polar surface area (TPSA) is 75.6 Å². The summed E-state index contributed by atoms with van der Waals surface area (Å²) < 4.78 is 18.5. The molecular formula is C19H22FNO4S. The Balaban J connectivity index is 2.01. The van der Waals surface area contributed by atoms with Gasteiger partial charge in [-0.05, 0) is 50.6 Å². The second kappa shape index (κ2) is 8.42. The molecule has 0 aliphatic heterocycles. The van der Waals surface area contributed by atoms with E-state index in [1.165, 1.54) is 23.5 Å². The first-order chi connectivity index (χ1) is 12.2. The highest BCUT2D eigenvalue weighted by molar-refractivity contribution is 7.17. The van der Waals surface area contributed by atoms with Gasteiger partial charge < -0.3 is 15.2 Å². The van der Waals surface area contributed by atoms with Crippen molar-refractivity contribution in [2.75, 3.05) is 6.61 Å². The first kappa shape index (κ1) is 20.1. The molecule has 7 heteroatoms. The van der Waals surface area contributed by atoms with Crippen molar-refractivity contribution in [2.45, 2.75) is 38.8 Å². The maximum absolute atomic E-state index is 13.0. The molecule has 1 amide bonds. The van der Waals surface area contributed by atoms with Gasteiger partial charge in [-0.2, -0.15) is 0 Å². The summed E-state index contributed by atoms with van der Waals surface area (Å²) in [5, 5.41) is 11.8. The molecule has 2 aromatic rings. The van der Waals surface area contributed by atoms with Crippen molar-refractivity contribution in [3.8, 4) is 10.4 Å². The standard InChI is InChI=1S/C19H22FNO4S/c1-19(2,3)25-11-10-14(18(23)24)21-17(22)16-9-8-15(26-16)12-4-6-13(20)7-5-12/h4-9,14H,10-11H2,1-3H3,(H,21,22)(H,23,24). The zero-order chi connectivity index (χ0) is 19.3. The number of hydrogen-bond acceptors (Lipinski definition) is 4. The normalized spacial score (nSPS) is 12.6. The molecule has 140 valence electrons. The molecule has 1 aromatic carbocycles. The molecule has 0 fully saturated rings.